The molecule has 1 atom stereocenters. The van der Waals surface area contributed by atoms with E-state index in [0.29, 0.717) is 36.7 Å². The van der Waals surface area contributed by atoms with Crippen LogP contribution in [0.5, 0.6) is 11.5 Å². The summed E-state index contributed by atoms with van der Waals surface area (Å²) >= 11 is 0. The second-order valence-corrected chi connectivity index (χ2v) is 5.96. The van der Waals surface area contributed by atoms with Crippen molar-refractivity contribution in [1.29, 1.82) is 0 Å². The molecule has 0 aromatic heterocycles. The van der Waals surface area contributed by atoms with Gasteiger partial charge in [-0.3, -0.25) is 9.59 Å². The molecule has 0 radical (unpaired) electrons. The standard InChI is InChI=1S/C17H25N3O4/c1-19(2)10-8-18-16(21)13-7-9-20(17(13)22)12-5-6-14(23-3)15(11-12)24-4/h5-6,11,13H,7-10H2,1-4H3,(H,18,21). The molecule has 1 N–H and O–H groups in total. The van der Waals surface area contributed by atoms with Crippen molar-refractivity contribution in [2.24, 2.45) is 5.92 Å². The van der Waals surface area contributed by atoms with Gasteiger partial charge < -0.3 is 24.6 Å². The lowest BCUT2D eigenvalue weighted by Gasteiger charge is -2.19. The molecule has 0 spiro atoms. The smallest absolute Gasteiger partial charge is 0.239 e. The third kappa shape index (κ3) is 3.97. The molecule has 0 aliphatic carbocycles. The van der Waals surface area contributed by atoms with E-state index in [1.165, 1.54) is 0 Å². The Morgan fingerprint density at radius 2 is 2.00 bits per heavy atom. The Kier molecular flexibility index (Phi) is 6.03. The van der Waals surface area contributed by atoms with Crippen molar-refractivity contribution >= 4 is 17.5 Å². The molecule has 1 aromatic rings. The van der Waals surface area contributed by atoms with Crippen molar-refractivity contribution in [2.45, 2.75) is 6.42 Å². The van der Waals surface area contributed by atoms with Gasteiger partial charge in [0.2, 0.25) is 11.8 Å². The summed E-state index contributed by atoms with van der Waals surface area (Å²) < 4.78 is 10.5. The molecule has 1 fully saturated rings. The highest BCUT2D eigenvalue weighted by molar-refractivity contribution is 6.09. The van der Waals surface area contributed by atoms with Crippen molar-refractivity contribution in [3.8, 4) is 11.5 Å². The summed E-state index contributed by atoms with van der Waals surface area (Å²) in [6, 6.07) is 5.31. The van der Waals surface area contributed by atoms with Gasteiger partial charge in [0.1, 0.15) is 5.92 Å². The second-order valence-electron chi connectivity index (χ2n) is 5.96. The zero-order valence-electron chi connectivity index (χ0n) is 14.7. The Morgan fingerprint density at radius 1 is 1.29 bits per heavy atom. The van der Waals surface area contributed by atoms with Crippen molar-refractivity contribution in [1.82, 2.24) is 10.2 Å². The molecular formula is C17H25N3O4. The van der Waals surface area contributed by atoms with Gasteiger partial charge in [-0.15, -0.1) is 0 Å². The molecule has 1 aliphatic heterocycles. The van der Waals surface area contributed by atoms with E-state index in [1.54, 1.807) is 37.3 Å². The maximum Gasteiger partial charge on any atom is 0.239 e. The average molecular weight is 335 g/mol. The van der Waals surface area contributed by atoms with E-state index in [2.05, 4.69) is 5.32 Å². The van der Waals surface area contributed by atoms with Gasteiger partial charge in [-0.25, -0.2) is 0 Å². The predicted molar refractivity (Wildman–Crippen MR) is 91.6 cm³/mol. The van der Waals surface area contributed by atoms with Gasteiger partial charge in [-0.1, -0.05) is 0 Å². The topological polar surface area (TPSA) is 71.1 Å². The highest BCUT2D eigenvalue weighted by Crippen LogP contribution is 2.34. The normalized spacial score (nSPS) is 17.3. The van der Waals surface area contributed by atoms with Gasteiger partial charge in [0, 0.05) is 31.4 Å². The predicted octanol–water partition coefficient (Wildman–Crippen LogP) is 0.735. The van der Waals surface area contributed by atoms with E-state index in [-0.39, 0.29) is 11.8 Å². The molecule has 132 valence electrons. The van der Waals surface area contributed by atoms with Crippen LogP contribution in [0.1, 0.15) is 6.42 Å². The minimum atomic E-state index is -0.625. The van der Waals surface area contributed by atoms with Crippen LogP contribution in [0.15, 0.2) is 18.2 Å². The quantitative estimate of drug-likeness (QED) is 0.744. The van der Waals surface area contributed by atoms with Crippen LogP contribution in [0, 0.1) is 5.92 Å². The molecule has 1 heterocycles. The number of nitrogens with zero attached hydrogens (tertiary/aromatic N) is 2. The number of carbonyl (C=O) groups is 2. The lowest BCUT2D eigenvalue weighted by atomic mass is 10.1. The number of ether oxygens (including phenoxy) is 2. The SMILES string of the molecule is COc1ccc(N2CCC(C(=O)NCCN(C)C)C2=O)cc1OC. The molecule has 2 amide bonds. The van der Waals surface area contributed by atoms with Crippen LogP contribution in [0.4, 0.5) is 5.69 Å². The first-order valence-electron chi connectivity index (χ1n) is 7.93. The number of amides is 2. The molecule has 24 heavy (non-hydrogen) atoms. The van der Waals surface area contributed by atoms with Gasteiger partial charge in [0.05, 0.1) is 14.2 Å². The lowest BCUT2D eigenvalue weighted by Crippen LogP contribution is -2.39. The number of methoxy groups -OCH3 is 2. The van der Waals surface area contributed by atoms with Crippen LogP contribution in [-0.2, 0) is 9.59 Å². The zero-order chi connectivity index (χ0) is 17.7. The van der Waals surface area contributed by atoms with Crippen LogP contribution in [0.3, 0.4) is 0 Å². The van der Waals surface area contributed by atoms with Crippen molar-refractivity contribution in [2.75, 3.05) is 52.8 Å². The Hall–Kier alpha value is -2.28. The number of benzene rings is 1. The van der Waals surface area contributed by atoms with E-state index < -0.39 is 5.92 Å². The lowest BCUT2D eigenvalue weighted by molar-refractivity contribution is -0.132. The molecule has 1 saturated heterocycles. The van der Waals surface area contributed by atoms with E-state index in [0.717, 1.165) is 6.54 Å². The minimum absolute atomic E-state index is 0.176. The summed E-state index contributed by atoms with van der Waals surface area (Å²) in [6.45, 7) is 1.79. The van der Waals surface area contributed by atoms with Crippen LogP contribution < -0.4 is 19.7 Å². The summed E-state index contributed by atoms with van der Waals surface area (Å²) in [4.78, 5) is 28.4. The summed E-state index contributed by atoms with van der Waals surface area (Å²) in [5.74, 6) is 0.155. The summed E-state index contributed by atoms with van der Waals surface area (Å²) in [5, 5.41) is 2.83. The highest BCUT2D eigenvalue weighted by atomic mass is 16.5. The van der Waals surface area contributed by atoms with Gasteiger partial charge in [0.25, 0.3) is 0 Å². The number of rotatable bonds is 7. The maximum absolute atomic E-state index is 12.6. The first kappa shape index (κ1) is 18.1. The number of hydrogen-bond donors (Lipinski definition) is 1. The Morgan fingerprint density at radius 3 is 2.62 bits per heavy atom. The van der Waals surface area contributed by atoms with Crippen molar-refractivity contribution in [3.05, 3.63) is 18.2 Å². The van der Waals surface area contributed by atoms with Crippen LogP contribution in [-0.4, -0.2) is 64.7 Å². The summed E-state index contributed by atoms with van der Waals surface area (Å²) in [7, 11) is 6.98. The molecule has 1 unspecified atom stereocenters. The zero-order valence-corrected chi connectivity index (χ0v) is 14.7. The molecule has 1 aromatic carbocycles. The first-order chi connectivity index (χ1) is 11.5. The minimum Gasteiger partial charge on any atom is -0.493 e. The second kappa shape index (κ2) is 8.01. The Bertz CT molecular complexity index is 603. The molecule has 7 nitrogen and oxygen atoms in total. The van der Waals surface area contributed by atoms with Gasteiger partial charge >= 0.3 is 0 Å². The molecule has 2 rings (SSSR count). The van der Waals surface area contributed by atoms with E-state index in [1.807, 2.05) is 19.0 Å². The monoisotopic (exact) mass is 335 g/mol. The number of likely N-dealkylation sites (N-methyl/N-ethyl adjacent to an activating group) is 1. The maximum atomic E-state index is 12.6. The third-order valence-corrected chi connectivity index (χ3v) is 4.06. The average Bonchev–Trinajstić information content (AvgIpc) is 2.95. The fraction of sp³-hybridized carbons (Fsp3) is 0.529. The third-order valence-electron chi connectivity index (χ3n) is 4.06. The van der Waals surface area contributed by atoms with Gasteiger partial charge in [-0.2, -0.15) is 0 Å². The molecule has 1 aliphatic rings. The Labute approximate surface area is 142 Å². The van der Waals surface area contributed by atoms with Crippen LogP contribution >= 0.6 is 0 Å². The highest BCUT2D eigenvalue weighted by Gasteiger charge is 2.37. The van der Waals surface area contributed by atoms with E-state index in [4.69, 9.17) is 9.47 Å². The fourth-order valence-corrected chi connectivity index (χ4v) is 2.70. The molecule has 7 heteroatoms. The van der Waals surface area contributed by atoms with Gasteiger partial charge in [0.15, 0.2) is 11.5 Å². The van der Waals surface area contributed by atoms with Crippen LogP contribution in [0.25, 0.3) is 0 Å². The summed E-state index contributed by atoms with van der Waals surface area (Å²) in [6.07, 6.45) is 0.515. The fourth-order valence-electron chi connectivity index (χ4n) is 2.70. The first-order valence-corrected chi connectivity index (χ1v) is 7.93. The molecule has 0 bridgehead atoms. The van der Waals surface area contributed by atoms with Crippen molar-refractivity contribution in [3.63, 3.8) is 0 Å². The largest absolute Gasteiger partial charge is 0.493 e. The number of nitrogens with one attached hydrogen (secondary N) is 1. The van der Waals surface area contributed by atoms with Crippen LogP contribution in [0.2, 0.25) is 0 Å². The van der Waals surface area contributed by atoms with E-state index >= 15 is 0 Å². The van der Waals surface area contributed by atoms with Gasteiger partial charge in [-0.05, 0) is 32.6 Å². The molecule has 0 saturated carbocycles. The van der Waals surface area contributed by atoms with E-state index in [9.17, 15) is 9.59 Å². The molecular weight excluding hydrogens is 310 g/mol. The number of hydrogen-bond acceptors (Lipinski definition) is 5. The van der Waals surface area contributed by atoms with Crippen molar-refractivity contribution < 1.29 is 19.1 Å². The Balaban J connectivity index is 2.04. The number of carbonyl (C=O) groups excluding carboxylic acids is 2. The number of anilines is 1. The summed E-state index contributed by atoms with van der Waals surface area (Å²) in [5.41, 5.74) is 0.709.